The summed E-state index contributed by atoms with van der Waals surface area (Å²) in [6, 6.07) is 14.5. The van der Waals surface area contributed by atoms with Gasteiger partial charge in [0.15, 0.2) is 16.0 Å². The van der Waals surface area contributed by atoms with Gasteiger partial charge in [-0.2, -0.15) is 4.73 Å². The van der Waals surface area contributed by atoms with Crippen molar-refractivity contribution < 1.29 is 22.7 Å². The molecule has 2 amide bonds. The molecule has 0 aliphatic carbocycles. The molecule has 0 unspecified atom stereocenters. The zero-order valence-corrected chi connectivity index (χ0v) is 17.2. The van der Waals surface area contributed by atoms with E-state index in [-0.39, 0.29) is 26.9 Å². The molecule has 0 saturated carbocycles. The van der Waals surface area contributed by atoms with Crippen LogP contribution < -0.4 is 15.4 Å². The second-order valence-corrected chi connectivity index (χ2v) is 8.74. The standard InChI is InChI=1S/C20H16ClN3O5S/c1-30(28,29)15-6-4-5-13(11-15)19(25)23-17-9-8-14(12-16(17)21)22-20(26)18-7-2-3-10-24(18)27/h2-12H,1H3,(H,22,26)(H,23,25). The fourth-order valence-electron chi connectivity index (χ4n) is 2.56. The predicted molar refractivity (Wildman–Crippen MR) is 112 cm³/mol. The van der Waals surface area contributed by atoms with Crippen LogP contribution in [-0.2, 0) is 9.84 Å². The highest BCUT2D eigenvalue weighted by Gasteiger charge is 2.17. The van der Waals surface area contributed by atoms with Crippen molar-refractivity contribution in [3.8, 4) is 0 Å². The van der Waals surface area contributed by atoms with Crippen molar-refractivity contribution in [2.24, 2.45) is 0 Å². The van der Waals surface area contributed by atoms with Gasteiger partial charge in [-0.05, 0) is 42.5 Å². The van der Waals surface area contributed by atoms with Crippen LogP contribution in [0.5, 0.6) is 0 Å². The zero-order chi connectivity index (χ0) is 21.9. The van der Waals surface area contributed by atoms with Gasteiger partial charge in [-0.15, -0.1) is 0 Å². The van der Waals surface area contributed by atoms with E-state index in [0.717, 1.165) is 6.26 Å². The topological polar surface area (TPSA) is 119 Å². The van der Waals surface area contributed by atoms with Crippen LogP contribution in [0.2, 0.25) is 5.02 Å². The monoisotopic (exact) mass is 445 g/mol. The molecule has 0 bridgehead atoms. The molecule has 1 heterocycles. The number of rotatable bonds is 5. The van der Waals surface area contributed by atoms with Crippen molar-refractivity contribution in [1.82, 2.24) is 0 Å². The molecule has 3 rings (SSSR count). The summed E-state index contributed by atoms with van der Waals surface area (Å²) < 4.78 is 23.8. The Morgan fingerprint density at radius 1 is 0.967 bits per heavy atom. The quantitative estimate of drug-likeness (QED) is 0.462. The Hall–Kier alpha value is -3.43. The maximum absolute atomic E-state index is 12.5. The maximum Gasteiger partial charge on any atom is 0.321 e. The van der Waals surface area contributed by atoms with Crippen molar-refractivity contribution in [3.63, 3.8) is 0 Å². The van der Waals surface area contributed by atoms with E-state index in [1.165, 1.54) is 60.8 Å². The lowest BCUT2D eigenvalue weighted by atomic mass is 10.2. The number of carbonyl (C=O) groups is 2. The fourth-order valence-corrected chi connectivity index (χ4v) is 3.45. The Morgan fingerprint density at radius 3 is 2.40 bits per heavy atom. The summed E-state index contributed by atoms with van der Waals surface area (Å²) in [5.41, 5.74) is 0.654. The van der Waals surface area contributed by atoms with Crippen molar-refractivity contribution in [2.45, 2.75) is 4.90 Å². The van der Waals surface area contributed by atoms with Crippen molar-refractivity contribution in [3.05, 3.63) is 88.3 Å². The molecular weight excluding hydrogens is 430 g/mol. The van der Waals surface area contributed by atoms with Gasteiger partial charge in [-0.25, -0.2) is 8.42 Å². The fraction of sp³-hybridized carbons (Fsp3) is 0.0500. The number of anilines is 2. The SMILES string of the molecule is CS(=O)(=O)c1cccc(C(=O)Nc2ccc(NC(=O)c3cccc[n+]3[O-])cc2Cl)c1. The molecule has 1 aromatic heterocycles. The van der Waals surface area contributed by atoms with Gasteiger partial charge in [0.1, 0.15) is 0 Å². The van der Waals surface area contributed by atoms with Gasteiger partial charge in [-0.1, -0.05) is 17.7 Å². The van der Waals surface area contributed by atoms with E-state index in [4.69, 9.17) is 11.6 Å². The smallest absolute Gasteiger partial charge is 0.321 e. The lowest BCUT2D eigenvalue weighted by molar-refractivity contribution is -0.607. The molecule has 30 heavy (non-hydrogen) atoms. The second kappa shape index (κ2) is 8.52. The summed E-state index contributed by atoms with van der Waals surface area (Å²) in [5.74, 6) is -1.16. The number of pyridine rings is 1. The Kier molecular flexibility index (Phi) is 6.04. The molecule has 154 valence electrons. The van der Waals surface area contributed by atoms with Gasteiger partial charge in [-0.3, -0.25) is 9.59 Å². The molecular formula is C20H16ClN3O5S. The first kappa shape index (κ1) is 21.3. The molecule has 10 heteroatoms. The molecule has 0 atom stereocenters. The first-order chi connectivity index (χ1) is 14.1. The van der Waals surface area contributed by atoms with Crippen LogP contribution in [-0.4, -0.2) is 26.5 Å². The number of carbonyl (C=O) groups excluding carboxylic acids is 2. The Morgan fingerprint density at radius 2 is 1.73 bits per heavy atom. The largest absolute Gasteiger partial charge is 0.618 e. The molecule has 2 aromatic carbocycles. The van der Waals surface area contributed by atoms with Crippen LogP contribution in [0.25, 0.3) is 0 Å². The molecule has 0 fully saturated rings. The van der Waals surface area contributed by atoms with E-state index in [1.807, 2.05) is 0 Å². The maximum atomic E-state index is 12.5. The third-order valence-corrected chi connectivity index (χ3v) is 5.48. The molecule has 0 saturated heterocycles. The van der Waals surface area contributed by atoms with Crippen LogP contribution in [0.4, 0.5) is 11.4 Å². The van der Waals surface area contributed by atoms with Crippen LogP contribution in [0.3, 0.4) is 0 Å². The molecule has 0 aliphatic heterocycles. The number of sulfone groups is 1. The van der Waals surface area contributed by atoms with E-state index in [0.29, 0.717) is 10.4 Å². The van der Waals surface area contributed by atoms with Gasteiger partial charge in [0, 0.05) is 29.6 Å². The molecule has 2 N–H and O–H groups in total. The van der Waals surface area contributed by atoms with Gasteiger partial charge in [0.2, 0.25) is 0 Å². The Bertz CT molecular complexity index is 1240. The number of hydrogen-bond donors (Lipinski definition) is 2. The number of nitrogens with zero attached hydrogens (tertiary/aromatic N) is 1. The van der Waals surface area contributed by atoms with E-state index < -0.39 is 21.7 Å². The van der Waals surface area contributed by atoms with E-state index in [1.54, 1.807) is 6.07 Å². The molecule has 3 aromatic rings. The number of halogens is 1. The summed E-state index contributed by atoms with van der Waals surface area (Å²) >= 11 is 6.20. The second-order valence-electron chi connectivity index (χ2n) is 6.31. The molecule has 8 nitrogen and oxygen atoms in total. The highest BCUT2D eigenvalue weighted by molar-refractivity contribution is 7.90. The van der Waals surface area contributed by atoms with Crippen LogP contribution in [0, 0.1) is 5.21 Å². The number of benzene rings is 2. The van der Waals surface area contributed by atoms with Crippen LogP contribution in [0.1, 0.15) is 20.8 Å². The first-order valence-corrected chi connectivity index (χ1v) is 10.8. The van der Waals surface area contributed by atoms with Crippen molar-refractivity contribution in [2.75, 3.05) is 16.9 Å². The summed E-state index contributed by atoms with van der Waals surface area (Å²) in [5, 5.41) is 16.9. The lowest BCUT2D eigenvalue weighted by Crippen LogP contribution is -2.36. The highest BCUT2D eigenvalue weighted by atomic mass is 35.5. The summed E-state index contributed by atoms with van der Waals surface area (Å²) in [7, 11) is -3.45. The molecule has 0 spiro atoms. The van der Waals surface area contributed by atoms with Gasteiger partial charge >= 0.3 is 5.91 Å². The minimum atomic E-state index is -3.45. The van der Waals surface area contributed by atoms with Crippen molar-refractivity contribution in [1.29, 1.82) is 0 Å². The van der Waals surface area contributed by atoms with E-state index >= 15 is 0 Å². The highest BCUT2D eigenvalue weighted by Crippen LogP contribution is 2.26. The Labute approximate surface area is 177 Å². The predicted octanol–water partition coefficient (Wildman–Crippen LogP) is 2.88. The number of nitrogens with one attached hydrogen (secondary N) is 2. The number of amides is 2. The third-order valence-electron chi connectivity index (χ3n) is 4.06. The normalized spacial score (nSPS) is 11.0. The average Bonchev–Trinajstić information content (AvgIpc) is 2.69. The number of aromatic nitrogens is 1. The van der Waals surface area contributed by atoms with Gasteiger partial charge in [0.25, 0.3) is 11.6 Å². The zero-order valence-electron chi connectivity index (χ0n) is 15.6. The minimum Gasteiger partial charge on any atom is -0.618 e. The summed E-state index contributed by atoms with van der Waals surface area (Å²) in [6.07, 6.45) is 2.26. The minimum absolute atomic E-state index is 0.0239. The number of hydrogen-bond acceptors (Lipinski definition) is 5. The molecule has 0 radical (unpaired) electrons. The summed E-state index contributed by atoms with van der Waals surface area (Å²) in [6.45, 7) is 0. The van der Waals surface area contributed by atoms with Crippen LogP contribution >= 0.6 is 11.6 Å². The Balaban J connectivity index is 1.75. The lowest BCUT2D eigenvalue weighted by Gasteiger charge is -2.11. The third kappa shape index (κ3) is 4.94. The van der Waals surface area contributed by atoms with E-state index in [9.17, 15) is 23.2 Å². The first-order valence-electron chi connectivity index (χ1n) is 8.56. The van der Waals surface area contributed by atoms with Crippen molar-refractivity contribution >= 4 is 44.6 Å². The molecule has 0 aliphatic rings. The van der Waals surface area contributed by atoms with E-state index in [2.05, 4.69) is 10.6 Å². The average molecular weight is 446 g/mol. The van der Waals surface area contributed by atoms with Gasteiger partial charge in [0.05, 0.1) is 15.6 Å². The van der Waals surface area contributed by atoms with Gasteiger partial charge < -0.3 is 15.8 Å². The van der Waals surface area contributed by atoms with Crippen LogP contribution in [0.15, 0.2) is 71.8 Å². The summed E-state index contributed by atoms with van der Waals surface area (Å²) in [4.78, 5) is 24.7.